The number of methoxy groups -OCH3 is 1. The zero-order chi connectivity index (χ0) is 23.4. The summed E-state index contributed by atoms with van der Waals surface area (Å²) in [5.74, 6) is -0.422. The topological polar surface area (TPSA) is 95.3 Å². The van der Waals surface area contributed by atoms with Gasteiger partial charge in [-0.25, -0.2) is 18.9 Å². The number of esters is 1. The molecule has 0 radical (unpaired) electrons. The van der Waals surface area contributed by atoms with Gasteiger partial charge in [0, 0.05) is 5.69 Å². The third kappa shape index (κ3) is 4.87. The summed E-state index contributed by atoms with van der Waals surface area (Å²) < 4.78 is 25.1. The number of carbonyl (C=O) groups excluding carboxylic acids is 2. The molecule has 0 aliphatic carbocycles. The molecule has 8 nitrogen and oxygen atoms in total. The highest BCUT2D eigenvalue weighted by molar-refractivity contribution is 6.06. The van der Waals surface area contributed by atoms with Crippen molar-refractivity contribution in [2.75, 3.05) is 12.4 Å². The first-order valence-corrected chi connectivity index (χ1v) is 9.91. The molecule has 0 unspecified atom stereocenters. The average molecular weight is 446 g/mol. The van der Waals surface area contributed by atoms with E-state index >= 15 is 0 Å². The van der Waals surface area contributed by atoms with Crippen LogP contribution in [0.5, 0.6) is 11.5 Å². The molecule has 1 heterocycles. The molecule has 4 aromatic rings. The van der Waals surface area contributed by atoms with Crippen LogP contribution in [0.3, 0.4) is 0 Å². The van der Waals surface area contributed by atoms with Gasteiger partial charge in [0.15, 0.2) is 0 Å². The van der Waals surface area contributed by atoms with Crippen LogP contribution in [0, 0.1) is 12.7 Å². The summed E-state index contributed by atoms with van der Waals surface area (Å²) in [6, 6.07) is 18.8. The number of carbonyl (C=O) groups is 2. The van der Waals surface area contributed by atoms with Crippen LogP contribution < -0.4 is 14.8 Å². The van der Waals surface area contributed by atoms with Crippen molar-refractivity contribution in [2.24, 2.45) is 0 Å². The van der Waals surface area contributed by atoms with Gasteiger partial charge in [-0.3, -0.25) is 4.79 Å². The van der Waals surface area contributed by atoms with Gasteiger partial charge in [-0.2, -0.15) is 0 Å². The van der Waals surface area contributed by atoms with Crippen molar-refractivity contribution in [2.45, 2.75) is 6.92 Å². The fraction of sp³-hybridized carbons (Fsp3) is 0.0833. The maximum absolute atomic E-state index is 13.1. The summed E-state index contributed by atoms with van der Waals surface area (Å²) >= 11 is 0. The fourth-order valence-corrected chi connectivity index (χ4v) is 3.09. The number of hydrogen-bond donors (Lipinski definition) is 1. The van der Waals surface area contributed by atoms with Gasteiger partial charge in [0.2, 0.25) is 0 Å². The highest BCUT2D eigenvalue weighted by Gasteiger charge is 2.18. The van der Waals surface area contributed by atoms with Crippen molar-refractivity contribution < 1.29 is 23.5 Å². The lowest BCUT2D eigenvalue weighted by atomic mass is 10.2. The molecule has 1 N–H and O–H groups in total. The van der Waals surface area contributed by atoms with E-state index < -0.39 is 5.97 Å². The lowest BCUT2D eigenvalue weighted by Gasteiger charge is -2.09. The molecule has 4 rings (SSSR count). The smallest absolute Gasteiger partial charge is 0.383 e. The Kier molecular flexibility index (Phi) is 6.12. The Morgan fingerprint density at radius 1 is 0.970 bits per heavy atom. The first-order chi connectivity index (χ1) is 15.9. The Morgan fingerprint density at radius 3 is 2.36 bits per heavy atom. The van der Waals surface area contributed by atoms with Crippen LogP contribution in [0.1, 0.15) is 26.8 Å². The predicted octanol–water partition coefficient (Wildman–Crippen LogP) is 4.19. The van der Waals surface area contributed by atoms with Crippen LogP contribution in [-0.2, 0) is 0 Å². The van der Waals surface area contributed by atoms with Crippen molar-refractivity contribution >= 4 is 17.6 Å². The minimum atomic E-state index is -0.746. The van der Waals surface area contributed by atoms with E-state index in [1.807, 2.05) is 0 Å². The number of aromatic nitrogens is 3. The van der Waals surface area contributed by atoms with Crippen LogP contribution in [0.2, 0.25) is 0 Å². The van der Waals surface area contributed by atoms with E-state index in [0.29, 0.717) is 28.5 Å². The molecule has 3 aromatic carbocycles. The molecular formula is C24H19FN4O4. The van der Waals surface area contributed by atoms with E-state index in [9.17, 15) is 14.0 Å². The summed E-state index contributed by atoms with van der Waals surface area (Å²) in [5.41, 5.74) is 1.48. The number of halogens is 1. The molecule has 0 aliphatic rings. The maximum Gasteiger partial charge on any atom is 0.383 e. The summed E-state index contributed by atoms with van der Waals surface area (Å²) in [7, 11) is 1.49. The molecule has 9 heteroatoms. The molecular weight excluding hydrogens is 427 g/mol. The van der Waals surface area contributed by atoms with Gasteiger partial charge in [-0.1, -0.05) is 12.1 Å². The van der Waals surface area contributed by atoms with Crippen molar-refractivity contribution in [1.82, 2.24) is 14.8 Å². The number of benzene rings is 3. The fourth-order valence-electron chi connectivity index (χ4n) is 3.09. The third-order valence-corrected chi connectivity index (χ3v) is 4.70. The number of amides is 1. The number of rotatable bonds is 6. The van der Waals surface area contributed by atoms with Crippen LogP contribution in [0.25, 0.3) is 5.69 Å². The largest absolute Gasteiger partial charge is 0.496 e. The van der Waals surface area contributed by atoms with Gasteiger partial charge in [0.1, 0.15) is 23.1 Å². The van der Waals surface area contributed by atoms with E-state index in [4.69, 9.17) is 9.47 Å². The second-order valence-corrected chi connectivity index (χ2v) is 6.94. The standard InChI is InChI=1S/C24H19FN4O4/c1-15-26-22(28-29(15)18-11-7-16(25)8-12-18)24(31)33-19-13-9-17(10-14-19)27-23(30)20-5-3-4-6-21(20)32-2/h3-14H,1-2H3,(H,27,30). The van der Waals surface area contributed by atoms with Gasteiger partial charge >= 0.3 is 5.97 Å². The Hall–Kier alpha value is -4.53. The van der Waals surface area contributed by atoms with Crippen molar-refractivity contribution in [3.8, 4) is 17.2 Å². The molecule has 0 aliphatic heterocycles. The maximum atomic E-state index is 13.1. The summed E-state index contributed by atoms with van der Waals surface area (Å²) in [5, 5.41) is 6.92. The molecule has 166 valence electrons. The van der Waals surface area contributed by atoms with Crippen LogP contribution in [0.4, 0.5) is 10.1 Å². The van der Waals surface area contributed by atoms with Crippen LogP contribution in [0.15, 0.2) is 72.8 Å². The number of ether oxygens (including phenoxy) is 2. The molecule has 0 bridgehead atoms. The number of aryl methyl sites for hydroxylation is 1. The molecule has 0 saturated carbocycles. The van der Waals surface area contributed by atoms with Crippen molar-refractivity contribution in [1.29, 1.82) is 0 Å². The van der Waals surface area contributed by atoms with Gasteiger partial charge in [-0.15, -0.1) is 5.10 Å². The number of hydrogen-bond acceptors (Lipinski definition) is 6. The highest BCUT2D eigenvalue weighted by Crippen LogP contribution is 2.21. The molecule has 0 saturated heterocycles. The van der Waals surface area contributed by atoms with E-state index in [0.717, 1.165) is 0 Å². The Labute approximate surface area is 188 Å². The SMILES string of the molecule is COc1ccccc1C(=O)Nc1ccc(OC(=O)c2nc(C)n(-c3ccc(F)cc3)n2)cc1. The molecule has 0 spiro atoms. The zero-order valence-electron chi connectivity index (χ0n) is 17.8. The van der Waals surface area contributed by atoms with E-state index in [1.54, 1.807) is 55.5 Å². The zero-order valence-corrected chi connectivity index (χ0v) is 17.8. The van der Waals surface area contributed by atoms with Crippen molar-refractivity contribution in [3.63, 3.8) is 0 Å². The average Bonchev–Trinajstić information content (AvgIpc) is 3.22. The van der Waals surface area contributed by atoms with Gasteiger partial charge in [0.25, 0.3) is 11.7 Å². The Morgan fingerprint density at radius 2 is 1.67 bits per heavy atom. The molecule has 0 fully saturated rings. The van der Waals surface area contributed by atoms with Crippen LogP contribution in [-0.4, -0.2) is 33.8 Å². The summed E-state index contributed by atoms with van der Waals surface area (Å²) in [6.07, 6.45) is 0. The number of nitrogens with zero attached hydrogens (tertiary/aromatic N) is 3. The van der Waals surface area contributed by atoms with Gasteiger partial charge in [0.05, 0.1) is 18.4 Å². The highest BCUT2D eigenvalue weighted by atomic mass is 19.1. The Balaban J connectivity index is 1.43. The third-order valence-electron chi connectivity index (χ3n) is 4.70. The molecule has 33 heavy (non-hydrogen) atoms. The normalized spacial score (nSPS) is 10.5. The second kappa shape index (κ2) is 9.31. The van der Waals surface area contributed by atoms with Gasteiger partial charge < -0.3 is 14.8 Å². The number of nitrogens with one attached hydrogen (secondary N) is 1. The first-order valence-electron chi connectivity index (χ1n) is 9.91. The minimum absolute atomic E-state index is 0.134. The molecule has 1 aromatic heterocycles. The predicted molar refractivity (Wildman–Crippen MR) is 118 cm³/mol. The van der Waals surface area contributed by atoms with E-state index in [1.165, 1.54) is 36.1 Å². The lowest BCUT2D eigenvalue weighted by Crippen LogP contribution is -2.13. The monoisotopic (exact) mass is 446 g/mol. The van der Waals surface area contributed by atoms with Crippen molar-refractivity contribution in [3.05, 3.63) is 95.8 Å². The van der Waals surface area contributed by atoms with Crippen LogP contribution >= 0.6 is 0 Å². The number of anilines is 1. The Bertz CT molecular complexity index is 1300. The molecule has 0 atom stereocenters. The van der Waals surface area contributed by atoms with E-state index in [2.05, 4.69) is 15.4 Å². The minimum Gasteiger partial charge on any atom is -0.496 e. The van der Waals surface area contributed by atoms with E-state index in [-0.39, 0.29) is 23.3 Å². The van der Waals surface area contributed by atoms with Gasteiger partial charge in [-0.05, 0) is 67.6 Å². The molecule has 1 amide bonds. The number of para-hydroxylation sites is 1. The second-order valence-electron chi connectivity index (χ2n) is 6.94. The summed E-state index contributed by atoms with van der Waals surface area (Å²) in [6.45, 7) is 1.67. The first kappa shape index (κ1) is 21.7. The summed E-state index contributed by atoms with van der Waals surface area (Å²) in [4.78, 5) is 29.1. The quantitative estimate of drug-likeness (QED) is 0.352. The lowest BCUT2D eigenvalue weighted by molar-refractivity contribution is 0.0721.